The number of benzene rings is 1. The van der Waals surface area contributed by atoms with Gasteiger partial charge in [0.1, 0.15) is 0 Å². The smallest absolute Gasteiger partial charge is 0.335 e. The van der Waals surface area contributed by atoms with Crippen LogP contribution in [0.1, 0.15) is 15.9 Å². The van der Waals surface area contributed by atoms with E-state index in [0.717, 1.165) is 51.5 Å². The van der Waals surface area contributed by atoms with Gasteiger partial charge in [-0.1, -0.05) is 12.1 Å². The Morgan fingerprint density at radius 1 is 1.19 bits per heavy atom. The third kappa shape index (κ3) is 7.11. The average Bonchev–Trinajstić information content (AvgIpc) is 2.45. The zero-order chi connectivity index (χ0) is 13.5. The molecule has 1 fully saturated rings. The second-order valence-corrected chi connectivity index (χ2v) is 4.63. The molecule has 0 aromatic heterocycles. The second kappa shape index (κ2) is 10.8. The Labute approximate surface area is 137 Å². The molecule has 0 unspecified atom stereocenters. The van der Waals surface area contributed by atoms with Crippen LogP contribution in [0.2, 0.25) is 0 Å². The number of nitrogens with zero attached hydrogens (tertiary/aromatic N) is 1. The molecule has 120 valence electrons. The molecule has 0 bridgehead atoms. The van der Waals surface area contributed by atoms with E-state index < -0.39 is 5.97 Å². The molecule has 1 aliphatic heterocycles. The molecule has 21 heavy (non-hydrogen) atoms. The number of carboxylic acids is 1. The van der Waals surface area contributed by atoms with Crippen LogP contribution in [0.3, 0.4) is 0 Å². The van der Waals surface area contributed by atoms with E-state index in [2.05, 4.69) is 10.2 Å². The fraction of sp³-hybridized carbons (Fsp3) is 0.500. The first-order valence-corrected chi connectivity index (χ1v) is 6.59. The molecule has 1 heterocycles. The molecule has 2 rings (SSSR count). The van der Waals surface area contributed by atoms with Crippen molar-refractivity contribution < 1.29 is 14.6 Å². The highest BCUT2D eigenvalue weighted by atomic mass is 35.5. The molecule has 7 heteroatoms. The summed E-state index contributed by atoms with van der Waals surface area (Å²) in [5.74, 6) is -0.883. The summed E-state index contributed by atoms with van der Waals surface area (Å²) in [6.45, 7) is 6.40. The topological polar surface area (TPSA) is 61.8 Å². The molecule has 0 radical (unpaired) electrons. The van der Waals surface area contributed by atoms with E-state index in [4.69, 9.17) is 9.84 Å². The lowest BCUT2D eigenvalue weighted by Gasteiger charge is -2.26. The molecule has 1 aliphatic rings. The molecule has 0 aliphatic carbocycles. The minimum Gasteiger partial charge on any atom is -0.478 e. The average molecular weight is 337 g/mol. The number of nitrogens with one attached hydrogen (secondary N) is 1. The number of ether oxygens (including phenoxy) is 1. The van der Waals surface area contributed by atoms with Gasteiger partial charge in [0.05, 0.1) is 18.8 Å². The summed E-state index contributed by atoms with van der Waals surface area (Å²) in [5.41, 5.74) is 1.43. The highest BCUT2D eigenvalue weighted by Gasteiger charge is 2.08. The predicted octanol–water partition coefficient (Wildman–Crippen LogP) is 1.65. The van der Waals surface area contributed by atoms with E-state index in [1.807, 2.05) is 12.1 Å². The van der Waals surface area contributed by atoms with E-state index in [0.29, 0.717) is 5.56 Å². The van der Waals surface area contributed by atoms with Crippen molar-refractivity contribution in [2.45, 2.75) is 6.54 Å². The molecule has 0 atom stereocenters. The van der Waals surface area contributed by atoms with Gasteiger partial charge in [-0.3, -0.25) is 4.90 Å². The SMILES string of the molecule is Cl.Cl.O=C(O)c1ccc(CNCCN2CCOCC2)cc1. The van der Waals surface area contributed by atoms with E-state index in [-0.39, 0.29) is 24.8 Å². The van der Waals surface area contributed by atoms with Crippen LogP contribution in [0.15, 0.2) is 24.3 Å². The lowest BCUT2D eigenvalue weighted by molar-refractivity contribution is 0.0384. The first-order valence-electron chi connectivity index (χ1n) is 6.59. The van der Waals surface area contributed by atoms with Crippen LogP contribution in [0.25, 0.3) is 0 Å². The zero-order valence-electron chi connectivity index (χ0n) is 11.8. The van der Waals surface area contributed by atoms with E-state index in [9.17, 15) is 4.79 Å². The molecule has 0 amide bonds. The first-order chi connectivity index (χ1) is 9.25. The van der Waals surface area contributed by atoms with Gasteiger partial charge < -0.3 is 15.2 Å². The molecule has 1 aromatic rings. The van der Waals surface area contributed by atoms with Crippen molar-refractivity contribution in [1.29, 1.82) is 0 Å². The van der Waals surface area contributed by atoms with Crippen LogP contribution in [-0.2, 0) is 11.3 Å². The van der Waals surface area contributed by atoms with Crippen molar-refractivity contribution >= 4 is 30.8 Å². The maximum absolute atomic E-state index is 10.7. The fourth-order valence-corrected chi connectivity index (χ4v) is 2.06. The van der Waals surface area contributed by atoms with Crippen molar-refractivity contribution in [1.82, 2.24) is 10.2 Å². The van der Waals surface area contributed by atoms with Crippen LogP contribution in [0.4, 0.5) is 0 Å². The summed E-state index contributed by atoms with van der Waals surface area (Å²) in [6.07, 6.45) is 0. The minimum atomic E-state index is -0.883. The molecule has 1 saturated heterocycles. The molecule has 5 nitrogen and oxygen atoms in total. The van der Waals surface area contributed by atoms with Crippen molar-refractivity contribution in [3.05, 3.63) is 35.4 Å². The molecule has 0 saturated carbocycles. The number of hydrogen-bond donors (Lipinski definition) is 2. The highest BCUT2D eigenvalue weighted by Crippen LogP contribution is 2.04. The molecular weight excluding hydrogens is 315 g/mol. The minimum absolute atomic E-state index is 0. The lowest BCUT2D eigenvalue weighted by Crippen LogP contribution is -2.40. The van der Waals surface area contributed by atoms with E-state index in [1.165, 1.54) is 0 Å². The quantitative estimate of drug-likeness (QED) is 0.773. The maximum atomic E-state index is 10.7. The molecule has 2 N–H and O–H groups in total. The monoisotopic (exact) mass is 336 g/mol. The Bertz CT molecular complexity index is 409. The van der Waals surface area contributed by atoms with Gasteiger partial charge in [-0.2, -0.15) is 0 Å². The third-order valence-electron chi connectivity index (χ3n) is 3.24. The number of morpholine rings is 1. The summed E-state index contributed by atoms with van der Waals surface area (Å²) < 4.78 is 5.30. The number of halogens is 2. The predicted molar refractivity (Wildman–Crippen MR) is 86.9 cm³/mol. The van der Waals surface area contributed by atoms with Gasteiger partial charge in [0, 0.05) is 32.7 Å². The summed E-state index contributed by atoms with van der Waals surface area (Å²) in [7, 11) is 0. The summed E-state index contributed by atoms with van der Waals surface area (Å²) in [4.78, 5) is 13.1. The normalized spacial score (nSPS) is 14.9. The Balaban J connectivity index is 0.00000200. The van der Waals surface area contributed by atoms with Crippen molar-refractivity contribution in [3.8, 4) is 0 Å². The molecule has 1 aromatic carbocycles. The molecular formula is C14H22Cl2N2O3. The van der Waals surface area contributed by atoms with Gasteiger partial charge in [0.15, 0.2) is 0 Å². The fourth-order valence-electron chi connectivity index (χ4n) is 2.06. The maximum Gasteiger partial charge on any atom is 0.335 e. The van der Waals surface area contributed by atoms with Gasteiger partial charge >= 0.3 is 5.97 Å². The summed E-state index contributed by atoms with van der Waals surface area (Å²) >= 11 is 0. The lowest BCUT2D eigenvalue weighted by atomic mass is 10.1. The van der Waals surface area contributed by atoms with Gasteiger partial charge in [0.2, 0.25) is 0 Å². The van der Waals surface area contributed by atoms with Crippen LogP contribution in [0, 0.1) is 0 Å². The largest absolute Gasteiger partial charge is 0.478 e. The Hall–Kier alpha value is -0.850. The summed E-state index contributed by atoms with van der Waals surface area (Å²) in [6, 6.07) is 6.99. The van der Waals surface area contributed by atoms with Crippen LogP contribution in [0.5, 0.6) is 0 Å². The van der Waals surface area contributed by atoms with Crippen molar-refractivity contribution in [3.63, 3.8) is 0 Å². The van der Waals surface area contributed by atoms with Crippen LogP contribution >= 0.6 is 24.8 Å². The van der Waals surface area contributed by atoms with Gasteiger partial charge in [0.25, 0.3) is 0 Å². The van der Waals surface area contributed by atoms with E-state index >= 15 is 0 Å². The zero-order valence-corrected chi connectivity index (χ0v) is 13.4. The standard InChI is InChI=1S/C14H20N2O3.2ClH/c17-14(18)13-3-1-12(2-4-13)11-15-5-6-16-7-9-19-10-8-16;;/h1-4,15H,5-11H2,(H,17,18);2*1H. The van der Waals surface area contributed by atoms with Gasteiger partial charge in [-0.15, -0.1) is 24.8 Å². The number of aromatic carboxylic acids is 1. The number of carbonyl (C=O) groups is 1. The number of rotatable bonds is 6. The second-order valence-electron chi connectivity index (χ2n) is 4.63. The highest BCUT2D eigenvalue weighted by molar-refractivity contribution is 5.87. The number of carboxylic acid groups (broad SMARTS) is 1. The van der Waals surface area contributed by atoms with Crippen LogP contribution < -0.4 is 5.32 Å². The first kappa shape index (κ1) is 20.1. The number of hydrogen-bond acceptors (Lipinski definition) is 4. The Morgan fingerprint density at radius 3 is 2.38 bits per heavy atom. The van der Waals surface area contributed by atoms with Gasteiger partial charge in [-0.25, -0.2) is 4.79 Å². The third-order valence-corrected chi connectivity index (χ3v) is 3.24. The van der Waals surface area contributed by atoms with Crippen LogP contribution in [-0.4, -0.2) is 55.4 Å². The Morgan fingerprint density at radius 2 is 1.81 bits per heavy atom. The van der Waals surface area contributed by atoms with E-state index in [1.54, 1.807) is 12.1 Å². The van der Waals surface area contributed by atoms with Crippen molar-refractivity contribution in [2.24, 2.45) is 0 Å². The van der Waals surface area contributed by atoms with Crippen molar-refractivity contribution in [2.75, 3.05) is 39.4 Å². The Kier molecular flexibility index (Phi) is 10.4. The molecule has 0 spiro atoms. The van der Waals surface area contributed by atoms with Gasteiger partial charge in [-0.05, 0) is 17.7 Å². The summed E-state index contributed by atoms with van der Waals surface area (Å²) in [5, 5.41) is 12.2.